The van der Waals surface area contributed by atoms with Crippen molar-refractivity contribution in [3.05, 3.63) is 46.0 Å². The first-order valence-electron chi connectivity index (χ1n) is 8.88. The average molecular weight is 547 g/mol. The molecule has 1 unspecified atom stereocenters. The lowest BCUT2D eigenvalue weighted by Crippen LogP contribution is -2.53. The molecule has 0 radical (unpaired) electrons. The minimum absolute atomic E-state index is 0.174. The highest BCUT2D eigenvalue weighted by atomic mass is 127. The summed E-state index contributed by atoms with van der Waals surface area (Å²) in [6.45, 7) is 0.315. The van der Waals surface area contributed by atoms with Gasteiger partial charge in [-0.3, -0.25) is 4.79 Å². The van der Waals surface area contributed by atoms with Gasteiger partial charge < -0.3 is 15.4 Å². The van der Waals surface area contributed by atoms with Gasteiger partial charge in [-0.15, -0.1) is 0 Å². The molecule has 1 aliphatic rings. The van der Waals surface area contributed by atoms with Gasteiger partial charge >= 0.3 is 0 Å². The van der Waals surface area contributed by atoms with E-state index in [1.165, 1.54) is 11.4 Å². The summed E-state index contributed by atoms with van der Waals surface area (Å²) in [4.78, 5) is 12.3. The Morgan fingerprint density at radius 1 is 1.21 bits per heavy atom. The molecule has 2 aromatic carbocycles. The molecule has 0 aromatic heterocycles. The Kier molecular flexibility index (Phi) is 7.30. The second-order valence-electron chi connectivity index (χ2n) is 6.32. The zero-order valence-electron chi connectivity index (χ0n) is 16.0. The van der Waals surface area contributed by atoms with Crippen LogP contribution in [0.15, 0.2) is 47.4 Å². The van der Waals surface area contributed by atoms with E-state index in [4.69, 9.17) is 4.74 Å². The molecular weight excluding hydrogens is 525 g/mol. The normalized spacial score (nSPS) is 17.6. The fourth-order valence-electron chi connectivity index (χ4n) is 3.01. The lowest BCUT2D eigenvalue weighted by atomic mass is 10.2. The minimum atomic E-state index is -3.76. The molecule has 1 fully saturated rings. The van der Waals surface area contributed by atoms with Crippen molar-refractivity contribution in [1.29, 1.82) is 0 Å². The van der Waals surface area contributed by atoms with Crippen molar-refractivity contribution in [2.45, 2.75) is 10.9 Å². The van der Waals surface area contributed by atoms with Gasteiger partial charge in [-0.1, -0.05) is 0 Å². The number of halogens is 1. The molecule has 1 amide bonds. The molecule has 1 atom stereocenters. The van der Waals surface area contributed by atoms with Crippen LogP contribution in [0.25, 0.3) is 0 Å². The number of nitrogens with zero attached hydrogens (tertiary/aromatic N) is 1. The molecule has 1 heterocycles. The van der Waals surface area contributed by atoms with Gasteiger partial charge in [0, 0.05) is 36.5 Å². The Bertz CT molecular complexity index is 983. The predicted octanol–water partition coefficient (Wildman–Crippen LogP) is 2.90. The Morgan fingerprint density at radius 2 is 1.90 bits per heavy atom. The second kappa shape index (κ2) is 9.54. The molecule has 1 saturated heterocycles. The SMILES string of the molecule is CNC(=O)C1CSCCN1S(=O)(=O)c1ccc(Nc2ccc(OC)c(I)c2)cc1. The maximum absolute atomic E-state index is 13.1. The van der Waals surface area contributed by atoms with Crippen molar-refractivity contribution >= 4 is 61.7 Å². The van der Waals surface area contributed by atoms with Gasteiger partial charge in [0.05, 0.1) is 15.6 Å². The van der Waals surface area contributed by atoms with Crippen molar-refractivity contribution in [1.82, 2.24) is 9.62 Å². The minimum Gasteiger partial charge on any atom is -0.496 e. The first-order chi connectivity index (χ1) is 13.9. The number of thioether (sulfide) groups is 1. The summed E-state index contributed by atoms with van der Waals surface area (Å²) in [7, 11) is -0.612. The largest absolute Gasteiger partial charge is 0.496 e. The third-order valence-corrected chi connectivity index (χ3v) is 8.32. The Labute approximate surface area is 188 Å². The first-order valence-corrected chi connectivity index (χ1v) is 12.6. The Hall–Kier alpha value is -1.50. The van der Waals surface area contributed by atoms with Gasteiger partial charge in [0.2, 0.25) is 15.9 Å². The van der Waals surface area contributed by atoms with Crippen molar-refractivity contribution < 1.29 is 17.9 Å². The summed E-state index contributed by atoms with van der Waals surface area (Å²) in [6, 6.07) is 11.6. The van der Waals surface area contributed by atoms with Crippen LogP contribution in [0.2, 0.25) is 0 Å². The van der Waals surface area contributed by atoms with Crippen LogP contribution in [0.4, 0.5) is 11.4 Å². The highest BCUT2D eigenvalue weighted by Gasteiger charge is 2.37. The molecule has 2 N–H and O–H groups in total. The predicted molar refractivity (Wildman–Crippen MR) is 125 cm³/mol. The summed E-state index contributed by atoms with van der Waals surface area (Å²) in [5, 5.41) is 5.81. The van der Waals surface area contributed by atoms with Crippen molar-refractivity contribution in [2.75, 3.05) is 37.5 Å². The quantitative estimate of drug-likeness (QED) is 0.541. The fraction of sp³-hybridized carbons (Fsp3) is 0.316. The smallest absolute Gasteiger partial charge is 0.243 e. The summed E-state index contributed by atoms with van der Waals surface area (Å²) >= 11 is 3.78. The number of sulfonamides is 1. The van der Waals surface area contributed by atoms with Crippen molar-refractivity contribution in [3.8, 4) is 5.75 Å². The van der Waals surface area contributed by atoms with E-state index in [2.05, 4.69) is 33.2 Å². The second-order valence-corrected chi connectivity index (χ2v) is 10.5. The van der Waals surface area contributed by atoms with Crippen molar-refractivity contribution in [2.24, 2.45) is 0 Å². The van der Waals surface area contributed by atoms with Crippen LogP contribution in [0.3, 0.4) is 0 Å². The van der Waals surface area contributed by atoms with E-state index < -0.39 is 16.1 Å². The summed E-state index contributed by atoms with van der Waals surface area (Å²) in [5.74, 6) is 1.63. The third kappa shape index (κ3) is 4.98. The lowest BCUT2D eigenvalue weighted by molar-refractivity contribution is -0.123. The molecule has 1 aliphatic heterocycles. The van der Waals surface area contributed by atoms with Crippen LogP contribution >= 0.6 is 34.4 Å². The van der Waals surface area contributed by atoms with E-state index in [1.54, 1.807) is 43.1 Å². The van der Waals surface area contributed by atoms with Crippen LogP contribution in [0.5, 0.6) is 5.75 Å². The number of amides is 1. The molecule has 0 saturated carbocycles. The molecular formula is C19H22IN3O4S2. The van der Waals surface area contributed by atoms with Crippen LogP contribution in [0.1, 0.15) is 0 Å². The molecule has 0 spiro atoms. The first kappa shape index (κ1) is 22.2. The van der Waals surface area contributed by atoms with E-state index in [0.29, 0.717) is 18.1 Å². The molecule has 0 aliphatic carbocycles. The van der Waals surface area contributed by atoms with E-state index in [0.717, 1.165) is 20.7 Å². The van der Waals surface area contributed by atoms with Gasteiger partial charge in [0.1, 0.15) is 11.8 Å². The van der Waals surface area contributed by atoms with Gasteiger partial charge in [-0.25, -0.2) is 8.42 Å². The van der Waals surface area contributed by atoms with Gasteiger partial charge in [-0.2, -0.15) is 16.1 Å². The highest BCUT2D eigenvalue weighted by molar-refractivity contribution is 14.1. The number of ether oxygens (including phenoxy) is 1. The number of carbonyl (C=O) groups is 1. The monoisotopic (exact) mass is 547 g/mol. The van der Waals surface area contributed by atoms with E-state index >= 15 is 0 Å². The Morgan fingerprint density at radius 3 is 2.52 bits per heavy atom. The summed E-state index contributed by atoms with van der Waals surface area (Å²) < 4.78 is 33.7. The number of benzene rings is 2. The molecule has 0 bridgehead atoms. The Balaban J connectivity index is 1.79. The lowest BCUT2D eigenvalue weighted by Gasteiger charge is -2.33. The van der Waals surface area contributed by atoms with Crippen molar-refractivity contribution in [3.63, 3.8) is 0 Å². The number of nitrogens with one attached hydrogen (secondary N) is 2. The van der Waals surface area contributed by atoms with Gasteiger partial charge in [0.15, 0.2) is 0 Å². The summed E-state index contributed by atoms with van der Waals surface area (Å²) in [5.41, 5.74) is 1.64. The van der Waals surface area contributed by atoms with Crippen LogP contribution < -0.4 is 15.4 Å². The van der Waals surface area contributed by atoms with E-state index in [-0.39, 0.29) is 10.8 Å². The zero-order chi connectivity index (χ0) is 21.0. The zero-order valence-corrected chi connectivity index (χ0v) is 19.8. The van der Waals surface area contributed by atoms with Crippen LogP contribution in [0, 0.1) is 3.57 Å². The molecule has 7 nitrogen and oxygen atoms in total. The maximum Gasteiger partial charge on any atom is 0.243 e. The molecule has 3 rings (SSSR count). The third-order valence-electron chi connectivity index (χ3n) is 4.53. The number of hydrogen-bond donors (Lipinski definition) is 2. The number of rotatable bonds is 6. The fourth-order valence-corrected chi connectivity index (χ4v) is 6.59. The molecule has 10 heteroatoms. The van der Waals surface area contributed by atoms with Crippen LogP contribution in [-0.2, 0) is 14.8 Å². The number of methoxy groups -OCH3 is 1. The topological polar surface area (TPSA) is 87.7 Å². The highest BCUT2D eigenvalue weighted by Crippen LogP contribution is 2.28. The number of hydrogen-bond acceptors (Lipinski definition) is 6. The maximum atomic E-state index is 13.1. The molecule has 156 valence electrons. The number of likely N-dealkylation sites (N-methyl/N-ethyl adjacent to an activating group) is 1. The average Bonchev–Trinajstić information content (AvgIpc) is 2.73. The standard InChI is InChI=1S/C19H22IN3O4S2/c1-21-19(24)17-12-28-10-9-23(17)29(25,26)15-6-3-13(4-7-15)22-14-5-8-18(27-2)16(20)11-14/h3-8,11,17,22H,9-10,12H2,1-2H3,(H,21,24). The molecule has 2 aromatic rings. The van der Waals surface area contributed by atoms with E-state index in [9.17, 15) is 13.2 Å². The molecule has 29 heavy (non-hydrogen) atoms. The van der Waals surface area contributed by atoms with Gasteiger partial charge in [-0.05, 0) is 65.1 Å². The van der Waals surface area contributed by atoms with E-state index in [1.807, 2.05) is 18.2 Å². The van der Waals surface area contributed by atoms with Gasteiger partial charge in [0.25, 0.3) is 0 Å². The van der Waals surface area contributed by atoms with Crippen LogP contribution in [-0.4, -0.2) is 56.9 Å². The number of anilines is 2. The summed E-state index contributed by atoms with van der Waals surface area (Å²) in [6.07, 6.45) is 0. The number of carbonyl (C=O) groups excluding carboxylic acids is 1.